The van der Waals surface area contributed by atoms with Gasteiger partial charge < -0.3 is 15.5 Å². The van der Waals surface area contributed by atoms with Crippen LogP contribution in [0.25, 0.3) is 10.9 Å². The van der Waals surface area contributed by atoms with Crippen molar-refractivity contribution in [3.8, 4) is 0 Å². The van der Waals surface area contributed by atoms with Gasteiger partial charge >= 0.3 is 0 Å². The van der Waals surface area contributed by atoms with Gasteiger partial charge in [0.2, 0.25) is 5.91 Å². The normalized spacial score (nSPS) is 31.9. The van der Waals surface area contributed by atoms with Crippen LogP contribution in [-0.2, 0) is 4.79 Å². The van der Waals surface area contributed by atoms with E-state index in [1.165, 1.54) is 38.5 Å². The Bertz CT molecular complexity index is 981. The molecule has 4 saturated carbocycles. The average molecular weight is 439 g/mol. The molecule has 1 saturated heterocycles. The maximum Gasteiger partial charge on any atom is 0.224 e. The lowest BCUT2D eigenvalue weighted by atomic mass is 9.49. The van der Waals surface area contributed by atoms with E-state index in [2.05, 4.69) is 27.7 Å². The zero-order valence-corrected chi connectivity index (χ0v) is 18.8. The molecule has 0 radical (unpaired) electrons. The minimum Gasteiger partial charge on any atom is -0.354 e. The quantitative estimate of drug-likeness (QED) is 0.716. The molecular formula is C25H31ClN4O. The highest BCUT2D eigenvalue weighted by Gasteiger charge is 2.51. The Morgan fingerprint density at radius 2 is 1.74 bits per heavy atom. The Hall–Kier alpha value is -1.85. The van der Waals surface area contributed by atoms with Crippen molar-refractivity contribution in [3.63, 3.8) is 0 Å². The SMILES string of the molecule is O=C(CC12CC3CC(CC(C3)C1)C2)Nc1c(Cl)ccc2nc(N3CCNCC3)ccc12. The summed E-state index contributed by atoms with van der Waals surface area (Å²) >= 11 is 6.55. The second-order valence-electron chi connectivity index (χ2n) is 10.5. The van der Waals surface area contributed by atoms with E-state index in [0.717, 1.165) is 60.7 Å². The third kappa shape index (κ3) is 3.70. The van der Waals surface area contributed by atoms with Gasteiger partial charge in [0.1, 0.15) is 5.82 Å². The Kier molecular flexibility index (Phi) is 4.87. The number of rotatable bonds is 4. The van der Waals surface area contributed by atoms with Crippen LogP contribution in [0.4, 0.5) is 11.5 Å². The molecular weight excluding hydrogens is 408 g/mol. The Balaban J connectivity index is 1.23. The number of amides is 1. The lowest BCUT2D eigenvalue weighted by Gasteiger charge is -2.56. The van der Waals surface area contributed by atoms with Crippen LogP contribution in [0.15, 0.2) is 24.3 Å². The molecule has 1 aromatic carbocycles. The maximum absolute atomic E-state index is 13.2. The summed E-state index contributed by atoms with van der Waals surface area (Å²) in [5, 5.41) is 8.08. The molecule has 1 aromatic heterocycles. The number of halogens is 1. The number of nitrogens with zero attached hydrogens (tertiary/aromatic N) is 2. The molecule has 2 heterocycles. The molecule has 5 fully saturated rings. The van der Waals surface area contributed by atoms with E-state index < -0.39 is 0 Å². The summed E-state index contributed by atoms with van der Waals surface area (Å²) in [6.07, 6.45) is 8.56. The van der Waals surface area contributed by atoms with E-state index in [0.29, 0.717) is 17.1 Å². The zero-order chi connectivity index (χ0) is 21.0. The third-order valence-electron chi connectivity index (χ3n) is 8.21. The third-order valence-corrected chi connectivity index (χ3v) is 8.53. The molecule has 5 aliphatic rings. The summed E-state index contributed by atoms with van der Waals surface area (Å²) in [4.78, 5) is 20.4. The predicted molar refractivity (Wildman–Crippen MR) is 126 cm³/mol. The zero-order valence-electron chi connectivity index (χ0n) is 18.0. The molecule has 0 unspecified atom stereocenters. The molecule has 2 aromatic rings. The molecule has 0 spiro atoms. The van der Waals surface area contributed by atoms with Crippen molar-refractivity contribution in [1.29, 1.82) is 0 Å². The highest BCUT2D eigenvalue weighted by molar-refractivity contribution is 6.35. The van der Waals surface area contributed by atoms with Crippen LogP contribution in [-0.4, -0.2) is 37.1 Å². The van der Waals surface area contributed by atoms with Crippen LogP contribution in [0, 0.1) is 23.2 Å². The van der Waals surface area contributed by atoms with Crippen LogP contribution < -0.4 is 15.5 Å². The Morgan fingerprint density at radius 1 is 1.06 bits per heavy atom. The fourth-order valence-corrected chi connectivity index (χ4v) is 7.61. The molecule has 4 aliphatic carbocycles. The van der Waals surface area contributed by atoms with Crippen LogP contribution in [0.1, 0.15) is 44.9 Å². The Morgan fingerprint density at radius 3 is 2.42 bits per heavy atom. The van der Waals surface area contributed by atoms with Gasteiger partial charge in [0.15, 0.2) is 0 Å². The van der Waals surface area contributed by atoms with Gasteiger partial charge in [0.25, 0.3) is 0 Å². The summed E-state index contributed by atoms with van der Waals surface area (Å²) < 4.78 is 0. The van der Waals surface area contributed by atoms with Gasteiger partial charge in [-0.3, -0.25) is 4.79 Å². The smallest absolute Gasteiger partial charge is 0.224 e. The lowest BCUT2D eigenvalue weighted by Crippen LogP contribution is -2.47. The molecule has 5 nitrogen and oxygen atoms in total. The molecule has 4 bridgehead atoms. The van der Waals surface area contributed by atoms with E-state index in [9.17, 15) is 4.79 Å². The minimum absolute atomic E-state index is 0.113. The van der Waals surface area contributed by atoms with Crippen molar-refractivity contribution < 1.29 is 4.79 Å². The summed E-state index contributed by atoms with van der Waals surface area (Å²) in [5.74, 6) is 3.66. The summed E-state index contributed by atoms with van der Waals surface area (Å²) in [6, 6.07) is 7.93. The number of hydrogen-bond acceptors (Lipinski definition) is 4. The fraction of sp³-hybridized carbons (Fsp3) is 0.600. The Labute approximate surface area is 188 Å². The monoisotopic (exact) mass is 438 g/mol. The first-order chi connectivity index (χ1) is 15.1. The molecule has 2 N–H and O–H groups in total. The highest BCUT2D eigenvalue weighted by Crippen LogP contribution is 2.61. The van der Waals surface area contributed by atoms with Crippen molar-refractivity contribution in [2.24, 2.45) is 23.2 Å². The van der Waals surface area contributed by atoms with Crippen LogP contribution in [0.2, 0.25) is 5.02 Å². The van der Waals surface area contributed by atoms with E-state index >= 15 is 0 Å². The molecule has 0 atom stereocenters. The van der Waals surface area contributed by atoms with Gasteiger partial charge in [-0.1, -0.05) is 11.6 Å². The number of nitrogens with one attached hydrogen (secondary N) is 2. The van der Waals surface area contributed by atoms with Crippen molar-refractivity contribution in [3.05, 3.63) is 29.3 Å². The number of anilines is 2. The maximum atomic E-state index is 13.2. The van der Waals surface area contributed by atoms with Crippen LogP contribution in [0.5, 0.6) is 0 Å². The first-order valence-electron chi connectivity index (χ1n) is 11.9. The predicted octanol–water partition coefficient (Wildman–Crippen LogP) is 4.84. The van der Waals surface area contributed by atoms with Gasteiger partial charge in [0.05, 0.1) is 16.2 Å². The molecule has 164 valence electrons. The first kappa shape index (κ1) is 19.8. The largest absolute Gasteiger partial charge is 0.354 e. The number of carbonyl (C=O) groups excluding carboxylic acids is 1. The van der Waals surface area contributed by atoms with Crippen molar-refractivity contribution in [2.75, 3.05) is 36.4 Å². The fourth-order valence-electron chi connectivity index (χ4n) is 7.39. The highest BCUT2D eigenvalue weighted by atomic mass is 35.5. The van der Waals surface area contributed by atoms with Crippen LogP contribution in [0.3, 0.4) is 0 Å². The molecule has 1 aliphatic heterocycles. The standard InChI is InChI=1S/C25H31ClN4O/c26-20-2-3-21-19(1-4-22(28-21)30-7-5-27-6-8-30)24(20)29-23(31)15-25-12-16-9-17(13-25)11-18(10-16)14-25/h1-4,16-18,27H,5-15H2,(H,29,31). The van der Waals surface area contributed by atoms with Gasteiger partial charge in [0, 0.05) is 38.0 Å². The van der Waals surface area contributed by atoms with Gasteiger partial charge in [-0.25, -0.2) is 4.98 Å². The molecule has 31 heavy (non-hydrogen) atoms. The van der Waals surface area contributed by atoms with E-state index in [1.54, 1.807) is 0 Å². The van der Waals surface area contributed by atoms with Crippen LogP contribution >= 0.6 is 11.6 Å². The van der Waals surface area contributed by atoms with Crippen molar-refractivity contribution >= 4 is 39.9 Å². The number of pyridine rings is 1. The van der Waals surface area contributed by atoms with Crippen molar-refractivity contribution in [1.82, 2.24) is 10.3 Å². The second kappa shape index (κ2) is 7.63. The number of piperazine rings is 1. The van der Waals surface area contributed by atoms with Gasteiger partial charge in [-0.2, -0.15) is 0 Å². The summed E-state index contributed by atoms with van der Waals surface area (Å²) in [6.45, 7) is 3.87. The molecule has 6 heteroatoms. The first-order valence-corrected chi connectivity index (χ1v) is 12.3. The molecule has 7 rings (SSSR count). The van der Waals surface area contributed by atoms with Gasteiger partial charge in [-0.15, -0.1) is 0 Å². The van der Waals surface area contributed by atoms with Gasteiger partial charge in [-0.05, 0) is 86.0 Å². The van der Waals surface area contributed by atoms with E-state index in [4.69, 9.17) is 16.6 Å². The van der Waals surface area contributed by atoms with E-state index in [-0.39, 0.29) is 11.3 Å². The second-order valence-corrected chi connectivity index (χ2v) is 10.9. The summed E-state index contributed by atoms with van der Waals surface area (Å²) in [5.41, 5.74) is 1.82. The topological polar surface area (TPSA) is 57.3 Å². The number of fused-ring (bicyclic) bond motifs is 1. The van der Waals surface area contributed by atoms with Crippen molar-refractivity contribution in [2.45, 2.75) is 44.9 Å². The minimum atomic E-state index is 0.113. The number of hydrogen-bond donors (Lipinski definition) is 2. The summed E-state index contributed by atoms with van der Waals surface area (Å²) in [7, 11) is 0. The molecule has 1 amide bonds. The van der Waals surface area contributed by atoms with E-state index in [1.807, 2.05) is 12.1 Å². The lowest BCUT2D eigenvalue weighted by molar-refractivity contribution is -0.124. The number of benzene rings is 1. The number of carbonyl (C=O) groups is 1. The average Bonchev–Trinajstić information content (AvgIpc) is 2.75. The number of aromatic nitrogens is 1.